The van der Waals surface area contributed by atoms with Crippen molar-refractivity contribution in [2.24, 2.45) is 0 Å². The molecule has 1 aromatic carbocycles. The van der Waals surface area contributed by atoms with Crippen molar-refractivity contribution < 1.29 is 9.84 Å². The van der Waals surface area contributed by atoms with Crippen molar-refractivity contribution in [1.82, 2.24) is 4.98 Å². The maximum Gasteiger partial charge on any atom is 0.130 e. The molecule has 1 heterocycles. The molecule has 0 aliphatic carbocycles. The normalized spacial score (nSPS) is 10.1. The van der Waals surface area contributed by atoms with E-state index in [1.54, 1.807) is 0 Å². The molecule has 4 nitrogen and oxygen atoms in total. The second-order valence-electron chi connectivity index (χ2n) is 3.86. The van der Waals surface area contributed by atoms with E-state index in [-0.39, 0.29) is 6.61 Å². The molecule has 0 unspecified atom stereocenters. The molecule has 1 aromatic heterocycles. The van der Waals surface area contributed by atoms with Gasteiger partial charge in [-0.2, -0.15) is 0 Å². The van der Waals surface area contributed by atoms with Crippen LogP contribution in [0.1, 0.15) is 11.3 Å². The van der Waals surface area contributed by atoms with Crippen LogP contribution in [-0.2, 0) is 13.2 Å². The number of pyridine rings is 1. The van der Waals surface area contributed by atoms with E-state index in [0.717, 1.165) is 22.8 Å². The minimum Gasteiger partial charge on any atom is -0.487 e. The van der Waals surface area contributed by atoms with Gasteiger partial charge in [0.05, 0.1) is 12.3 Å². The number of nitrogens with one attached hydrogen (secondary N) is 1. The van der Waals surface area contributed by atoms with Crippen LogP contribution in [0.3, 0.4) is 0 Å². The molecule has 2 N–H and O–H groups in total. The SMILES string of the molecule is CNc1cccc(COc2cccc(CO)c2)n1. The van der Waals surface area contributed by atoms with Crippen LogP contribution in [0.5, 0.6) is 5.75 Å². The summed E-state index contributed by atoms with van der Waals surface area (Å²) in [7, 11) is 1.83. The standard InChI is InChI=1S/C14H16N2O2/c1-15-14-7-3-5-12(16-14)10-18-13-6-2-4-11(8-13)9-17/h2-8,17H,9-10H2,1H3,(H,15,16). The maximum absolute atomic E-state index is 9.04. The first-order valence-corrected chi connectivity index (χ1v) is 5.78. The quantitative estimate of drug-likeness (QED) is 0.846. The summed E-state index contributed by atoms with van der Waals surface area (Å²) in [6.45, 7) is 0.426. The number of hydrogen-bond acceptors (Lipinski definition) is 4. The van der Waals surface area contributed by atoms with Gasteiger partial charge in [0.25, 0.3) is 0 Å². The fourth-order valence-electron chi connectivity index (χ4n) is 1.59. The zero-order chi connectivity index (χ0) is 12.8. The lowest BCUT2D eigenvalue weighted by molar-refractivity contribution is 0.277. The second kappa shape index (κ2) is 6.02. The van der Waals surface area contributed by atoms with E-state index in [2.05, 4.69) is 10.3 Å². The number of benzene rings is 1. The summed E-state index contributed by atoms with van der Waals surface area (Å²) in [6.07, 6.45) is 0. The third kappa shape index (κ3) is 3.21. The first-order valence-electron chi connectivity index (χ1n) is 5.78. The van der Waals surface area contributed by atoms with E-state index in [4.69, 9.17) is 9.84 Å². The Bertz CT molecular complexity index is 467. The van der Waals surface area contributed by atoms with Crippen LogP contribution in [0.4, 0.5) is 5.82 Å². The molecule has 94 valence electrons. The fraction of sp³-hybridized carbons (Fsp3) is 0.214. The van der Waals surface area contributed by atoms with Crippen LogP contribution >= 0.6 is 0 Å². The number of aliphatic hydroxyl groups excluding tert-OH is 1. The van der Waals surface area contributed by atoms with Gasteiger partial charge in [0.15, 0.2) is 0 Å². The maximum atomic E-state index is 9.04. The Hall–Kier alpha value is -2.07. The molecule has 18 heavy (non-hydrogen) atoms. The summed E-state index contributed by atoms with van der Waals surface area (Å²) in [5, 5.41) is 12.0. The molecule has 0 bridgehead atoms. The zero-order valence-electron chi connectivity index (χ0n) is 10.3. The van der Waals surface area contributed by atoms with Gasteiger partial charge in [0, 0.05) is 7.05 Å². The van der Waals surface area contributed by atoms with Crippen LogP contribution in [0.15, 0.2) is 42.5 Å². The third-order valence-electron chi connectivity index (χ3n) is 2.53. The van der Waals surface area contributed by atoms with Crippen molar-refractivity contribution >= 4 is 5.82 Å². The van der Waals surface area contributed by atoms with Gasteiger partial charge in [-0.15, -0.1) is 0 Å². The predicted octanol–water partition coefficient (Wildman–Crippen LogP) is 2.19. The number of nitrogens with zero attached hydrogens (tertiary/aromatic N) is 1. The topological polar surface area (TPSA) is 54.4 Å². The molecule has 0 atom stereocenters. The van der Waals surface area contributed by atoms with Crippen LogP contribution in [0.25, 0.3) is 0 Å². The van der Waals surface area contributed by atoms with Gasteiger partial charge in [0.2, 0.25) is 0 Å². The van der Waals surface area contributed by atoms with Gasteiger partial charge < -0.3 is 15.2 Å². The minimum atomic E-state index is 0.0185. The lowest BCUT2D eigenvalue weighted by Gasteiger charge is -2.08. The van der Waals surface area contributed by atoms with E-state index in [1.807, 2.05) is 49.5 Å². The average Bonchev–Trinajstić information content (AvgIpc) is 2.45. The number of hydrogen-bond donors (Lipinski definition) is 2. The lowest BCUT2D eigenvalue weighted by atomic mass is 10.2. The molecular weight excluding hydrogens is 228 g/mol. The van der Waals surface area contributed by atoms with Crippen LogP contribution in [-0.4, -0.2) is 17.1 Å². The van der Waals surface area contributed by atoms with E-state index in [1.165, 1.54) is 0 Å². The first-order chi connectivity index (χ1) is 8.81. The summed E-state index contributed by atoms with van der Waals surface area (Å²) in [6, 6.07) is 13.1. The number of aromatic nitrogens is 1. The molecule has 2 aromatic rings. The monoisotopic (exact) mass is 244 g/mol. The zero-order valence-corrected chi connectivity index (χ0v) is 10.3. The van der Waals surface area contributed by atoms with Crippen LogP contribution in [0.2, 0.25) is 0 Å². The summed E-state index contributed by atoms with van der Waals surface area (Å²) in [5.74, 6) is 1.55. The second-order valence-corrected chi connectivity index (χ2v) is 3.86. The van der Waals surface area contributed by atoms with Gasteiger partial charge in [-0.3, -0.25) is 0 Å². The van der Waals surface area contributed by atoms with E-state index in [0.29, 0.717) is 6.61 Å². The predicted molar refractivity (Wildman–Crippen MR) is 70.5 cm³/mol. The average molecular weight is 244 g/mol. The third-order valence-corrected chi connectivity index (χ3v) is 2.53. The molecule has 0 aliphatic rings. The van der Waals surface area contributed by atoms with Crippen LogP contribution < -0.4 is 10.1 Å². The van der Waals surface area contributed by atoms with Crippen LogP contribution in [0, 0.1) is 0 Å². The fourth-order valence-corrected chi connectivity index (χ4v) is 1.59. The molecule has 0 spiro atoms. The Morgan fingerprint density at radius 1 is 1.22 bits per heavy atom. The Morgan fingerprint density at radius 2 is 2.06 bits per heavy atom. The van der Waals surface area contributed by atoms with E-state index >= 15 is 0 Å². The summed E-state index contributed by atoms with van der Waals surface area (Å²) in [4.78, 5) is 4.36. The van der Waals surface area contributed by atoms with Crippen molar-refractivity contribution in [3.63, 3.8) is 0 Å². The van der Waals surface area contributed by atoms with Crippen molar-refractivity contribution in [2.45, 2.75) is 13.2 Å². The number of anilines is 1. The highest BCUT2D eigenvalue weighted by Gasteiger charge is 1.99. The van der Waals surface area contributed by atoms with E-state index < -0.39 is 0 Å². The van der Waals surface area contributed by atoms with Gasteiger partial charge in [-0.25, -0.2) is 4.98 Å². The molecular formula is C14H16N2O2. The van der Waals surface area contributed by atoms with Gasteiger partial charge in [-0.05, 0) is 29.8 Å². The molecule has 0 saturated carbocycles. The van der Waals surface area contributed by atoms with Crippen molar-refractivity contribution in [1.29, 1.82) is 0 Å². The number of rotatable bonds is 5. The van der Waals surface area contributed by atoms with Crippen molar-refractivity contribution in [2.75, 3.05) is 12.4 Å². The van der Waals surface area contributed by atoms with Gasteiger partial charge >= 0.3 is 0 Å². The molecule has 0 saturated heterocycles. The Morgan fingerprint density at radius 3 is 2.83 bits per heavy atom. The molecule has 0 radical (unpaired) electrons. The summed E-state index contributed by atoms with van der Waals surface area (Å²) in [5.41, 5.74) is 1.70. The molecule has 2 rings (SSSR count). The highest BCUT2D eigenvalue weighted by Crippen LogP contribution is 2.15. The summed E-state index contributed by atoms with van der Waals surface area (Å²) >= 11 is 0. The Labute approximate surface area is 106 Å². The van der Waals surface area contributed by atoms with Gasteiger partial charge in [-0.1, -0.05) is 18.2 Å². The smallest absolute Gasteiger partial charge is 0.130 e. The highest BCUT2D eigenvalue weighted by molar-refractivity contribution is 5.34. The molecule has 4 heteroatoms. The van der Waals surface area contributed by atoms with E-state index in [9.17, 15) is 0 Å². The minimum absolute atomic E-state index is 0.0185. The van der Waals surface area contributed by atoms with Gasteiger partial charge in [0.1, 0.15) is 18.2 Å². The Balaban J connectivity index is 2.01. The largest absolute Gasteiger partial charge is 0.487 e. The van der Waals surface area contributed by atoms with Crippen molar-refractivity contribution in [3.05, 3.63) is 53.7 Å². The molecule has 0 fully saturated rings. The summed E-state index contributed by atoms with van der Waals surface area (Å²) < 4.78 is 5.63. The highest BCUT2D eigenvalue weighted by atomic mass is 16.5. The first kappa shape index (κ1) is 12.4. The number of aliphatic hydroxyl groups is 1. The lowest BCUT2D eigenvalue weighted by Crippen LogP contribution is -2.01. The molecule has 0 amide bonds. The van der Waals surface area contributed by atoms with Crippen molar-refractivity contribution in [3.8, 4) is 5.75 Å². The molecule has 0 aliphatic heterocycles. The number of ether oxygens (including phenoxy) is 1. The Kier molecular flexibility index (Phi) is 4.15.